The van der Waals surface area contributed by atoms with Crippen molar-refractivity contribution in [2.45, 2.75) is 26.3 Å². The molecule has 1 heterocycles. The first kappa shape index (κ1) is 22.8. The summed E-state index contributed by atoms with van der Waals surface area (Å²) >= 11 is 0. The second-order valence-corrected chi connectivity index (χ2v) is 6.98. The van der Waals surface area contributed by atoms with E-state index in [1.807, 2.05) is 24.3 Å². The molecule has 0 aliphatic rings. The monoisotopic (exact) mass is 438 g/mol. The van der Waals surface area contributed by atoms with Gasteiger partial charge in [0.05, 0.1) is 27.4 Å². The number of rotatable bonds is 11. The number of H-pyrrole nitrogens is 1. The fourth-order valence-electron chi connectivity index (χ4n) is 2.93. The minimum absolute atomic E-state index is 0.0469. The number of ether oxygens (including phenoxy) is 3. The Morgan fingerprint density at radius 3 is 2.50 bits per heavy atom. The highest BCUT2D eigenvalue weighted by molar-refractivity contribution is 5.94. The van der Waals surface area contributed by atoms with Crippen molar-refractivity contribution in [1.29, 1.82) is 0 Å². The molecule has 0 radical (unpaired) electrons. The van der Waals surface area contributed by atoms with Crippen LogP contribution in [-0.2, 0) is 11.3 Å². The summed E-state index contributed by atoms with van der Waals surface area (Å²) in [5, 5.41) is 9.83. The Balaban J connectivity index is 1.41. The zero-order valence-electron chi connectivity index (χ0n) is 18.3. The van der Waals surface area contributed by atoms with E-state index in [1.54, 1.807) is 25.3 Å². The van der Waals surface area contributed by atoms with Crippen LogP contribution in [-0.4, -0.2) is 47.7 Å². The van der Waals surface area contributed by atoms with E-state index < -0.39 is 0 Å². The number of hydrogen-bond donors (Lipinski definition) is 2. The molecule has 0 spiro atoms. The van der Waals surface area contributed by atoms with Crippen LogP contribution in [0.15, 0.2) is 42.5 Å². The molecule has 1 amide bonds. The van der Waals surface area contributed by atoms with Crippen LogP contribution in [0.5, 0.6) is 17.2 Å². The molecule has 9 nitrogen and oxygen atoms in total. The normalized spacial score (nSPS) is 10.5. The maximum Gasteiger partial charge on any atom is 0.220 e. The highest BCUT2D eigenvalue weighted by atomic mass is 16.5. The molecule has 2 N–H and O–H groups in total. The lowest BCUT2D eigenvalue weighted by Crippen LogP contribution is -2.23. The zero-order chi connectivity index (χ0) is 22.9. The second kappa shape index (κ2) is 10.9. The summed E-state index contributed by atoms with van der Waals surface area (Å²) in [7, 11) is 3.13. The van der Waals surface area contributed by atoms with Crippen LogP contribution in [0, 0.1) is 0 Å². The molecule has 3 rings (SSSR count). The molecule has 168 valence electrons. The third-order valence-corrected chi connectivity index (χ3v) is 4.71. The zero-order valence-corrected chi connectivity index (χ0v) is 18.3. The SMILES string of the molecule is COc1ccc(-c2n[nH]c(CNC(=O)CCCOc3ccc(C(C)=O)cc3OC)n2)cc1. The summed E-state index contributed by atoms with van der Waals surface area (Å²) in [6.07, 6.45) is 0.824. The molecule has 1 aromatic heterocycles. The lowest BCUT2D eigenvalue weighted by Gasteiger charge is -2.11. The lowest BCUT2D eigenvalue weighted by molar-refractivity contribution is -0.121. The van der Waals surface area contributed by atoms with Crippen LogP contribution in [0.4, 0.5) is 0 Å². The predicted molar refractivity (Wildman–Crippen MR) is 118 cm³/mol. The second-order valence-electron chi connectivity index (χ2n) is 6.98. The smallest absolute Gasteiger partial charge is 0.220 e. The summed E-state index contributed by atoms with van der Waals surface area (Å²) in [4.78, 5) is 28.0. The number of nitrogens with one attached hydrogen (secondary N) is 2. The van der Waals surface area contributed by atoms with E-state index in [9.17, 15) is 9.59 Å². The summed E-state index contributed by atoms with van der Waals surface area (Å²) < 4.78 is 16.1. The largest absolute Gasteiger partial charge is 0.497 e. The van der Waals surface area contributed by atoms with Crippen molar-refractivity contribution in [3.8, 4) is 28.6 Å². The van der Waals surface area contributed by atoms with Crippen LogP contribution in [0.2, 0.25) is 0 Å². The topological polar surface area (TPSA) is 115 Å². The Hall–Kier alpha value is -3.88. The summed E-state index contributed by atoms with van der Waals surface area (Å²) in [6.45, 7) is 2.09. The molecule has 3 aromatic rings. The summed E-state index contributed by atoms with van der Waals surface area (Å²) in [6, 6.07) is 12.4. The van der Waals surface area contributed by atoms with E-state index >= 15 is 0 Å². The molecule has 0 atom stereocenters. The fraction of sp³-hybridized carbons (Fsp3) is 0.304. The third-order valence-electron chi connectivity index (χ3n) is 4.71. The fourth-order valence-corrected chi connectivity index (χ4v) is 2.93. The van der Waals surface area contributed by atoms with Crippen molar-refractivity contribution in [1.82, 2.24) is 20.5 Å². The summed E-state index contributed by atoms with van der Waals surface area (Å²) in [5.41, 5.74) is 1.40. The van der Waals surface area contributed by atoms with Crippen molar-refractivity contribution in [2.75, 3.05) is 20.8 Å². The van der Waals surface area contributed by atoms with Crippen LogP contribution >= 0.6 is 0 Å². The molecule has 0 saturated carbocycles. The molecule has 0 saturated heterocycles. The number of hydrogen-bond acceptors (Lipinski definition) is 7. The van der Waals surface area contributed by atoms with Gasteiger partial charge in [-0.15, -0.1) is 0 Å². The summed E-state index contributed by atoms with van der Waals surface area (Å²) in [5.74, 6) is 2.73. The Kier molecular flexibility index (Phi) is 7.80. The van der Waals surface area contributed by atoms with Gasteiger partial charge in [-0.25, -0.2) is 4.98 Å². The number of ketones is 1. The van der Waals surface area contributed by atoms with Crippen molar-refractivity contribution < 1.29 is 23.8 Å². The molecule has 32 heavy (non-hydrogen) atoms. The minimum Gasteiger partial charge on any atom is -0.497 e. The van der Waals surface area contributed by atoms with Crippen molar-refractivity contribution >= 4 is 11.7 Å². The van der Waals surface area contributed by atoms with E-state index in [-0.39, 0.29) is 18.2 Å². The Morgan fingerprint density at radius 1 is 1.03 bits per heavy atom. The molecule has 0 unspecified atom stereocenters. The number of carbonyl (C=O) groups is 2. The average Bonchev–Trinajstić information content (AvgIpc) is 3.29. The van der Waals surface area contributed by atoms with Gasteiger partial charge in [0.25, 0.3) is 0 Å². The maximum absolute atomic E-state index is 12.1. The van der Waals surface area contributed by atoms with Crippen LogP contribution in [0.1, 0.15) is 35.9 Å². The van der Waals surface area contributed by atoms with Gasteiger partial charge in [0.15, 0.2) is 23.1 Å². The molecule has 0 fully saturated rings. The van der Waals surface area contributed by atoms with E-state index in [1.165, 1.54) is 14.0 Å². The number of Topliss-reactive ketones (excluding diaryl/α,β-unsaturated/α-hetero) is 1. The van der Waals surface area contributed by atoms with Gasteiger partial charge >= 0.3 is 0 Å². The van der Waals surface area contributed by atoms with Crippen molar-refractivity contribution in [3.05, 3.63) is 53.9 Å². The standard InChI is InChI=1S/C23H26N4O5/c1-15(28)17-8-11-19(20(13-17)31-3)32-12-4-5-22(29)24-14-21-25-23(27-26-21)16-6-9-18(30-2)10-7-16/h6-11,13H,4-5,12,14H2,1-3H3,(H,24,29)(H,25,26,27). The Labute approximate surface area is 186 Å². The first-order valence-corrected chi connectivity index (χ1v) is 10.1. The van der Waals surface area contributed by atoms with Crippen molar-refractivity contribution in [3.63, 3.8) is 0 Å². The van der Waals surface area contributed by atoms with E-state index in [0.717, 1.165) is 11.3 Å². The molecule has 2 aromatic carbocycles. The molecular weight excluding hydrogens is 412 g/mol. The quantitative estimate of drug-likeness (QED) is 0.349. The highest BCUT2D eigenvalue weighted by Crippen LogP contribution is 2.28. The van der Waals surface area contributed by atoms with Gasteiger partial charge < -0.3 is 19.5 Å². The van der Waals surface area contributed by atoms with Gasteiger partial charge in [-0.2, -0.15) is 5.10 Å². The molecule has 0 bridgehead atoms. The van der Waals surface area contributed by atoms with Crippen LogP contribution in [0.25, 0.3) is 11.4 Å². The number of amides is 1. The van der Waals surface area contributed by atoms with Crippen LogP contribution < -0.4 is 19.5 Å². The number of carbonyl (C=O) groups excluding carboxylic acids is 2. The van der Waals surface area contributed by atoms with Gasteiger partial charge in [0.1, 0.15) is 11.6 Å². The third kappa shape index (κ3) is 6.07. The molecule has 9 heteroatoms. The Bertz CT molecular complexity index is 1060. The number of nitrogens with zero attached hydrogens (tertiary/aromatic N) is 2. The first-order valence-electron chi connectivity index (χ1n) is 10.1. The van der Waals surface area contributed by atoms with E-state index in [0.29, 0.717) is 48.2 Å². The maximum atomic E-state index is 12.1. The number of aromatic amines is 1. The average molecular weight is 438 g/mol. The van der Waals surface area contributed by atoms with Gasteiger partial charge in [0.2, 0.25) is 5.91 Å². The van der Waals surface area contributed by atoms with Crippen molar-refractivity contribution in [2.24, 2.45) is 0 Å². The van der Waals surface area contributed by atoms with E-state index in [4.69, 9.17) is 14.2 Å². The Morgan fingerprint density at radius 2 is 1.81 bits per heavy atom. The van der Waals surface area contributed by atoms with Gasteiger partial charge in [0, 0.05) is 17.5 Å². The van der Waals surface area contributed by atoms with E-state index in [2.05, 4.69) is 20.5 Å². The molecular formula is C23H26N4O5. The lowest BCUT2D eigenvalue weighted by atomic mass is 10.1. The minimum atomic E-state index is -0.116. The highest BCUT2D eigenvalue weighted by Gasteiger charge is 2.10. The molecule has 0 aliphatic carbocycles. The predicted octanol–water partition coefficient (Wildman–Crippen LogP) is 3.17. The number of aromatic nitrogens is 3. The van der Waals surface area contributed by atoms with Gasteiger partial charge in [-0.1, -0.05) is 0 Å². The van der Waals surface area contributed by atoms with Crippen LogP contribution in [0.3, 0.4) is 0 Å². The number of methoxy groups -OCH3 is 2. The van der Waals surface area contributed by atoms with Gasteiger partial charge in [-0.05, 0) is 55.8 Å². The first-order chi connectivity index (χ1) is 15.5. The van der Waals surface area contributed by atoms with Gasteiger partial charge in [-0.3, -0.25) is 14.7 Å². The molecule has 0 aliphatic heterocycles. The number of benzene rings is 2.